The van der Waals surface area contributed by atoms with E-state index in [1.807, 2.05) is 0 Å². The maximum atomic E-state index is 10.7. The van der Waals surface area contributed by atoms with E-state index < -0.39 is 12.1 Å². The molecule has 0 rings (SSSR count). The molecule has 5 nitrogen and oxygen atoms in total. The molecule has 0 aromatic carbocycles. The number of hydrogen-bond donors (Lipinski definition) is 4. The van der Waals surface area contributed by atoms with Gasteiger partial charge in [-0.1, -0.05) is 0 Å². The standard InChI is InChI=1S/C5H9NO4S2/c7-3(1-2-4(11)12)6-10-5(8)9/h4,11-12H,1-2H2,(H,6,7)(H,8,9). The van der Waals surface area contributed by atoms with Crippen molar-refractivity contribution in [2.75, 3.05) is 0 Å². The first-order valence-corrected chi connectivity index (χ1v) is 4.10. The van der Waals surface area contributed by atoms with Crippen LogP contribution in [0.1, 0.15) is 12.8 Å². The van der Waals surface area contributed by atoms with Crippen LogP contribution in [0.2, 0.25) is 0 Å². The first-order valence-electron chi connectivity index (χ1n) is 3.07. The van der Waals surface area contributed by atoms with Crippen molar-refractivity contribution in [3.05, 3.63) is 0 Å². The minimum absolute atomic E-state index is 0.130. The average molecular weight is 211 g/mol. The maximum Gasteiger partial charge on any atom is 0.530 e. The lowest BCUT2D eigenvalue weighted by Gasteiger charge is -2.03. The Bertz CT molecular complexity index is 173. The van der Waals surface area contributed by atoms with E-state index in [1.165, 1.54) is 0 Å². The van der Waals surface area contributed by atoms with Gasteiger partial charge in [0.2, 0.25) is 0 Å². The van der Waals surface area contributed by atoms with Crippen LogP contribution < -0.4 is 5.48 Å². The van der Waals surface area contributed by atoms with Gasteiger partial charge in [0.15, 0.2) is 0 Å². The van der Waals surface area contributed by atoms with Gasteiger partial charge < -0.3 is 9.94 Å². The molecule has 0 aromatic rings. The summed E-state index contributed by atoms with van der Waals surface area (Å²) >= 11 is 7.82. The van der Waals surface area contributed by atoms with Crippen LogP contribution >= 0.6 is 25.3 Å². The van der Waals surface area contributed by atoms with Crippen LogP contribution in [0.3, 0.4) is 0 Å². The smallest absolute Gasteiger partial charge is 0.448 e. The average Bonchev–Trinajstić information content (AvgIpc) is 1.96. The number of rotatable bonds is 3. The summed E-state index contributed by atoms with van der Waals surface area (Å²) in [5, 5.41) is 7.97. The summed E-state index contributed by atoms with van der Waals surface area (Å²) in [4.78, 5) is 24.3. The molecule has 0 saturated carbocycles. The van der Waals surface area contributed by atoms with Crippen molar-refractivity contribution in [1.82, 2.24) is 5.48 Å². The summed E-state index contributed by atoms with van der Waals surface area (Å²) in [6.45, 7) is 0. The van der Waals surface area contributed by atoms with Crippen molar-refractivity contribution in [2.24, 2.45) is 0 Å². The van der Waals surface area contributed by atoms with E-state index in [0.29, 0.717) is 6.42 Å². The number of carbonyl (C=O) groups is 2. The molecular formula is C5H9NO4S2. The number of amides is 1. The van der Waals surface area contributed by atoms with Crippen molar-refractivity contribution in [1.29, 1.82) is 0 Å². The number of hydroxylamine groups is 1. The van der Waals surface area contributed by atoms with E-state index in [0.717, 1.165) is 0 Å². The molecule has 1 amide bonds. The van der Waals surface area contributed by atoms with Crippen LogP contribution in [0.15, 0.2) is 0 Å². The molecule has 0 unspecified atom stereocenters. The Morgan fingerprint density at radius 1 is 1.50 bits per heavy atom. The topological polar surface area (TPSA) is 75.6 Å². The zero-order valence-corrected chi connectivity index (χ0v) is 7.85. The Kier molecular flexibility index (Phi) is 5.73. The van der Waals surface area contributed by atoms with Crippen LogP contribution in [-0.2, 0) is 9.63 Å². The van der Waals surface area contributed by atoms with Crippen LogP contribution in [0.4, 0.5) is 4.79 Å². The fraction of sp³-hybridized carbons (Fsp3) is 0.600. The van der Waals surface area contributed by atoms with Gasteiger partial charge in [0.1, 0.15) is 0 Å². The quantitative estimate of drug-likeness (QED) is 0.314. The minimum Gasteiger partial charge on any atom is -0.448 e. The Morgan fingerprint density at radius 2 is 2.08 bits per heavy atom. The molecule has 0 heterocycles. The highest BCUT2D eigenvalue weighted by Crippen LogP contribution is 2.07. The number of thiol groups is 2. The summed E-state index contributed by atoms with van der Waals surface area (Å²) in [7, 11) is 0. The zero-order valence-electron chi connectivity index (χ0n) is 6.06. The van der Waals surface area contributed by atoms with Gasteiger partial charge in [-0.15, -0.1) is 0 Å². The van der Waals surface area contributed by atoms with Crippen molar-refractivity contribution in [3.8, 4) is 0 Å². The molecule has 0 spiro atoms. The highest BCUT2D eigenvalue weighted by Gasteiger charge is 2.05. The van der Waals surface area contributed by atoms with E-state index in [1.54, 1.807) is 5.48 Å². The third-order valence-corrected chi connectivity index (χ3v) is 1.40. The Hall–Kier alpha value is -0.560. The van der Waals surface area contributed by atoms with Crippen LogP contribution in [-0.4, -0.2) is 21.8 Å². The van der Waals surface area contributed by atoms with E-state index in [9.17, 15) is 9.59 Å². The maximum absolute atomic E-state index is 10.7. The molecule has 12 heavy (non-hydrogen) atoms. The highest BCUT2D eigenvalue weighted by molar-refractivity contribution is 7.99. The predicted octanol–water partition coefficient (Wildman–Crippen LogP) is 0.678. The third kappa shape index (κ3) is 7.55. The summed E-state index contributed by atoms with van der Waals surface area (Å²) in [5.41, 5.74) is 1.73. The fourth-order valence-corrected chi connectivity index (χ4v) is 0.670. The van der Waals surface area contributed by atoms with Gasteiger partial charge in [-0.3, -0.25) is 4.79 Å². The molecular weight excluding hydrogens is 202 g/mol. The zero-order chi connectivity index (χ0) is 9.56. The van der Waals surface area contributed by atoms with Gasteiger partial charge >= 0.3 is 6.16 Å². The number of nitrogens with one attached hydrogen (secondary N) is 1. The highest BCUT2D eigenvalue weighted by atomic mass is 32.2. The van der Waals surface area contributed by atoms with E-state index in [-0.39, 0.29) is 11.0 Å². The second-order valence-electron chi connectivity index (χ2n) is 1.91. The molecule has 0 atom stereocenters. The molecule has 7 heteroatoms. The summed E-state index contributed by atoms with van der Waals surface area (Å²) in [6.07, 6.45) is -0.969. The molecule has 0 aliphatic heterocycles. The molecule has 0 bridgehead atoms. The monoisotopic (exact) mass is 211 g/mol. The largest absolute Gasteiger partial charge is 0.530 e. The summed E-state index contributed by atoms with van der Waals surface area (Å²) in [6, 6.07) is 0. The van der Waals surface area contributed by atoms with Gasteiger partial charge in [-0.2, -0.15) is 30.7 Å². The Balaban J connectivity index is 3.40. The van der Waals surface area contributed by atoms with Crippen molar-refractivity contribution in [3.63, 3.8) is 0 Å². The van der Waals surface area contributed by atoms with Gasteiger partial charge in [0.25, 0.3) is 5.91 Å². The second kappa shape index (κ2) is 6.01. The lowest BCUT2D eigenvalue weighted by Crippen LogP contribution is -2.26. The molecule has 70 valence electrons. The lowest BCUT2D eigenvalue weighted by molar-refractivity contribution is -0.130. The summed E-state index contributed by atoms with van der Waals surface area (Å²) in [5.74, 6) is -0.509. The van der Waals surface area contributed by atoms with Crippen LogP contribution in [0.5, 0.6) is 0 Å². The predicted molar refractivity (Wildman–Crippen MR) is 48.2 cm³/mol. The normalized spacial score (nSPS) is 9.58. The van der Waals surface area contributed by atoms with Gasteiger partial charge in [-0.05, 0) is 6.42 Å². The van der Waals surface area contributed by atoms with E-state index in [2.05, 4.69) is 30.1 Å². The number of hydrogen-bond acceptors (Lipinski definition) is 5. The molecule has 0 saturated heterocycles. The molecule has 0 aromatic heterocycles. The fourth-order valence-electron chi connectivity index (χ4n) is 0.412. The van der Waals surface area contributed by atoms with Gasteiger partial charge in [0, 0.05) is 11.0 Å². The first-order chi connectivity index (χ1) is 5.52. The van der Waals surface area contributed by atoms with Crippen molar-refractivity contribution < 1.29 is 19.5 Å². The van der Waals surface area contributed by atoms with Crippen LogP contribution in [0.25, 0.3) is 0 Å². The SMILES string of the molecule is O=C(CCC(S)S)NOC(=O)O. The lowest BCUT2D eigenvalue weighted by atomic mass is 10.3. The third-order valence-electron chi connectivity index (χ3n) is 0.882. The number of carbonyl (C=O) groups excluding carboxylic acids is 1. The van der Waals surface area contributed by atoms with Gasteiger partial charge in [0.05, 0.1) is 0 Å². The molecule has 2 N–H and O–H groups in total. The van der Waals surface area contributed by atoms with E-state index in [4.69, 9.17) is 5.11 Å². The number of carboxylic acid groups (broad SMARTS) is 1. The second-order valence-corrected chi connectivity index (χ2v) is 3.57. The Labute approximate surface area is 80.2 Å². The minimum atomic E-state index is -1.54. The van der Waals surface area contributed by atoms with Crippen LogP contribution in [0, 0.1) is 0 Å². The molecule has 0 fully saturated rings. The van der Waals surface area contributed by atoms with Crippen molar-refractivity contribution >= 4 is 37.3 Å². The van der Waals surface area contributed by atoms with Gasteiger partial charge in [-0.25, -0.2) is 4.79 Å². The Morgan fingerprint density at radius 3 is 2.50 bits per heavy atom. The van der Waals surface area contributed by atoms with E-state index >= 15 is 0 Å². The first kappa shape index (κ1) is 11.4. The summed E-state index contributed by atoms with van der Waals surface area (Å²) < 4.78 is -0.194. The van der Waals surface area contributed by atoms with Crippen molar-refractivity contribution in [2.45, 2.75) is 17.4 Å². The molecule has 0 radical (unpaired) electrons. The molecule has 0 aliphatic rings. The molecule has 0 aliphatic carbocycles.